The number of carboxylic acid groups (broad SMARTS) is 1. The van der Waals surface area contributed by atoms with Crippen molar-refractivity contribution in [2.45, 2.75) is 45.4 Å². The van der Waals surface area contributed by atoms with E-state index in [4.69, 9.17) is 4.74 Å². The first-order valence-electron chi connectivity index (χ1n) is 9.78. The molecule has 1 amide bonds. The summed E-state index contributed by atoms with van der Waals surface area (Å²) < 4.78 is 7.09. The van der Waals surface area contributed by atoms with Crippen LogP contribution in [0, 0.1) is 13.8 Å². The van der Waals surface area contributed by atoms with Gasteiger partial charge >= 0.3 is 12.1 Å². The van der Waals surface area contributed by atoms with E-state index in [0.29, 0.717) is 26.1 Å². The van der Waals surface area contributed by atoms with Gasteiger partial charge in [0.1, 0.15) is 6.04 Å². The van der Waals surface area contributed by atoms with Crippen molar-refractivity contribution in [3.63, 3.8) is 0 Å². The zero-order valence-corrected chi connectivity index (χ0v) is 17.5. The molecule has 1 aromatic carbocycles. The SMILES string of the molecule is COC(=O)[C@@H]1C[C@H](N(Cc2cccc(C)c2)C(=O)O)CN1Cc1ccc(C)n1C. The Labute approximate surface area is 171 Å². The number of aryl methyl sites for hydroxylation is 2. The van der Waals surface area contributed by atoms with Crippen LogP contribution in [0.25, 0.3) is 0 Å². The number of rotatable bonds is 6. The first-order valence-corrected chi connectivity index (χ1v) is 9.78. The van der Waals surface area contributed by atoms with E-state index in [1.807, 2.05) is 62.2 Å². The topological polar surface area (TPSA) is 75.0 Å². The summed E-state index contributed by atoms with van der Waals surface area (Å²) in [5, 5.41) is 9.86. The highest BCUT2D eigenvalue weighted by molar-refractivity contribution is 5.76. The molecule has 2 atom stereocenters. The lowest BCUT2D eigenvalue weighted by molar-refractivity contribution is -0.146. The largest absolute Gasteiger partial charge is 0.468 e. The van der Waals surface area contributed by atoms with Crippen molar-refractivity contribution in [3.8, 4) is 0 Å². The third-order valence-electron chi connectivity index (χ3n) is 5.82. The Bertz CT molecular complexity index is 892. The Morgan fingerprint density at radius 1 is 1.24 bits per heavy atom. The van der Waals surface area contributed by atoms with Crippen molar-refractivity contribution in [3.05, 3.63) is 58.9 Å². The number of aromatic nitrogens is 1. The Morgan fingerprint density at radius 2 is 2.00 bits per heavy atom. The maximum absolute atomic E-state index is 12.4. The van der Waals surface area contributed by atoms with Crippen LogP contribution in [-0.4, -0.2) is 57.3 Å². The molecule has 7 heteroatoms. The van der Waals surface area contributed by atoms with Crippen LogP contribution < -0.4 is 0 Å². The van der Waals surface area contributed by atoms with Gasteiger partial charge in [0.05, 0.1) is 13.2 Å². The van der Waals surface area contributed by atoms with Crippen LogP contribution in [-0.2, 0) is 29.7 Å². The van der Waals surface area contributed by atoms with E-state index in [0.717, 1.165) is 22.5 Å². The van der Waals surface area contributed by atoms with Crippen molar-refractivity contribution >= 4 is 12.1 Å². The fourth-order valence-electron chi connectivity index (χ4n) is 4.06. The normalized spacial score (nSPS) is 19.3. The summed E-state index contributed by atoms with van der Waals surface area (Å²) in [5.41, 5.74) is 4.25. The van der Waals surface area contributed by atoms with Crippen molar-refractivity contribution in [1.82, 2.24) is 14.4 Å². The van der Waals surface area contributed by atoms with E-state index in [1.165, 1.54) is 12.0 Å². The number of benzene rings is 1. The van der Waals surface area contributed by atoms with Gasteiger partial charge in [0, 0.05) is 38.1 Å². The van der Waals surface area contributed by atoms with Gasteiger partial charge in [0.2, 0.25) is 0 Å². The molecule has 1 aromatic heterocycles. The minimum atomic E-state index is -0.975. The van der Waals surface area contributed by atoms with E-state index in [9.17, 15) is 14.7 Å². The number of amides is 1. The second-order valence-electron chi connectivity index (χ2n) is 7.78. The third-order valence-corrected chi connectivity index (χ3v) is 5.82. The summed E-state index contributed by atoms with van der Waals surface area (Å²) in [5.74, 6) is -0.320. The zero-order chi connectivity index (χ0) is 21.1. The van der Waals surface area contributed by atoms with Crippen LogP contribution in [0.1, 0.15) is 28.9 Å². The molecule has 1 N–H and O–H groups in total. The lowest BCUT2D eigenvalue weighted by Crippen LogP contribution is -2.40. The molecule has 1 aliphatic rings. The van der Waals surface area contributed by atoms with Crippen LogP contribution in [0.15, 0.2) is 36.4 Å². The second kappa shape index (κ2) is 8.69. The van der Waals surface area contributed by atoms with Crippen LogP contribution in [0.5, 0.6) is 0 Å². The average Bonchev–Trinajstić information content (AvgIpc) is 3.24. The Morgan fingerprint density at radius 3 is 2.59 bits per heavy atom. The summed E-state index contributed by atoms with van der Waals surface area (Å²) in [6.45, 7) is 5.37. The van der Waals surface area contributed by atoms with Gasteiger partial charge in [-0.3, -0.25) is 14.6 Å². The predicted octanol–water partition coefficient (Wildman–Crippen LogP) is 2.94. The van der Waals surface area contributed by atoms with Crippen molar-refractivity contribution in [2.75, 3.05) is 13.7 Å². The predicted molar refractivity (Wildman–Crippen MR) is 110 cm³/mol. The third kappa shape index (κ3) is 4.62. The summed E-state index contributed by atoms with van der Waals surface area (Å²) in [6.07, 6.45) is -0.550. The number of nitrogens with zero attached hydrogens (tertiary/aromatic N) is 3. The molecule has 0 saturated carbocycles. The quantitative estimate of drug-likeness (QED) is 0.756. The van der Waals surface area contributed by atoms with E-state index < -0.39 is 12.1 Å². The lowest BCUT2D eigenvalue weighted by atomic mass is 10.1. The number of esters is 1. The number of likely N-dealkylation sites (tertiary alicyclic amines) is 1. The number of methoxy groups -OCH3 is 1. The number of carbonyl (C=O) groups is 2. The molecule has 2 heterocycles. The van der Waals surface area contributed by atoms with E-state index in [2.05, 4.69) is 4.57 Å². The first kappa shape index (κ1) is 20.9. The second-order valence-corrected chi connectivity index (χ2v) is 7.78. The molecule has 29 heavy (non-hydrogen) atoms. The molecule has 2 aromatic rings. The Balaban J connectivity index is 1.81. The minimum absolute atomic E-state index is 0.279. The standard InChI is InChI=1S/C22H29N3O4/c1-15-6-5-7-17(10-15)12-25(22(27)28)19-11-20(21(26)29-4)24(14-19)13-18-9-8-16(2)23(18)3/h5-10,19-20H,11-14H2,1-4H3,(H,27,28)/t19-,20-/m0/s1. The van der Waals surface area contributed by atoms with E-state index in [1.54, 1.807) is 0 Å². The summed E-state index contributed by atoms with van der Waals surface area (Å²) in [4.78, 5) is 27.9. The minimum Gasteiger partial charge on any atom is -0.468 e. The van der Waals surface area contributed by atoms with E-state index >= 15 is 0 Å². The smallest absolute Gasteiger partial charge is 0.407 e. The number of hydrogen-bond acceptors (Lipinski definition) is 4. The van der Waals surface area contributed by atoms with Crippen LogP contribution in [0.3, 0.4) is 0 Å². The lowest BCUT2D eigenvalue weighted by Gasteiger charge is -2.26. The number of ether oxygens (including phenoxy) is 1. The van der Waals surface area contributed by atoms with Crippen molar-refractivity contribution in [2.24, 2.45) is 7.05 Å². The molecule has 0 unspecified atom stereocenters. The van der Waals surface area contributed by atoms with Gasteiger partial charge in [0.25, 0.3) is 0 Å². The molecule has 0 radical (unpaired) electrons. The van der Waals surface area contributed by atoms with Gasteiger partial charge in [-0.05, 0) is 38.0 Å². The molecule has 1 fully saturated rings. The fourth-order valence-corrected chi connectivity index (χ4v) is 4.06. The molecule has 0 spiro atoms. The van der Waals surface area contributed by atoms with Gasteiger partial charge in [-0.2, -0.15) is 0 Å². The Kier molecular flexibility index (Phi) is 6.27. The Hall–Kier alpha value is -2.80. The van der Waals surface area contributed by atoms with E-state index in [-0.39, 0.29) is 12.0 Å². The number of hydrogen-bond donors (Lipinski definition) is 1. The van der Waals surface area contributed by atoms with Crippen LogP contribution in [0.2, 0.25) is 0 Å². The zero-order valence-electron chi connectivity index (χ0n) is 17.5. The fraction of sp³-hybridized carbons (Fsp3) is 0.455. The molecule has 7 nitrogen and oxygen atoms in total. The van der Waals surface area contributed by atoms with Gasteiger partial charge in [-0.15, -0.1) is 0 Å². The first-order chi connectivity index (χ1) is 13.8. The molecule has 1 aliphatic heterocycles. The van der Waals surface area contributed by atoms with Gasteiger partial charge in [-0.1, -0.05) is 29.8 Å². The summed E-state index contributed by atoms with van der Waals surface area (Å²) in [6, 6.07) is 11.2. The van der Waals surface area contributed by atoms with Crippen LogP contribution >= 0.6 is 0 Å². The highest BCUT2D eigenvalue weighted by Crippen LogP contribution is 2.27. The van der Waals surface area contributed by atoms with Crippen LogP contribution in [0.4, 0.5) is 4.79 Å². The highest BCUT2D eigenvalue weighted by atomic mass is 16.5. The summed E-state index contributed by atoms with van der Waals surface area (Å²) >= 11 is 0. The van der Waals surface area contributed by atoms with Crippen molar-refractivity contribution < 1.29 is 19.4 Å². The van der Waals surface area contributed by atoms with Gasteiger partial charge in [-0.25, -0.2) is 4.79 Å². The monoisotopic (exact) mass is 399 g/mol. The highest BCUT2D eigenvalue weighted by Gasteiger charge is 2.41. The molecular formula is C22H29N3O4. The molecule has 1 saturated heterocycles. The van der Waals surface area contributed by atoms with Gasteiger partial charge in [0.15, 0.2) is 0 Å². The summed E-state index contributed by atoms with van der Waals surface area (Å²) in [7, 11) is 3.37. The maximum Gasteiger partial charge on any atom is 0.407 e. The van der Waals surface area contributed by atoms with Crippen molar-refractivity contribution in [1.29, 1.82) is 0 Å². The molecular weight excluding hydrogens is 370 g/mol. The molecule has 0 bridgehead atoms. The molecule has 156 valence electrons. The van der Waals surface area contributed by atoms with Gasteiger partial charge < -0.3 is 14.4 Å². The number of carbonyl (C=O) groups excluding carboxylic acids is 1. The molecule has 0 aliphatic carbocycles. The molecule has 3 rings (SSSR count). The maximum atomic E-state index is 12.4. The average molecular weight is 399 g/mol.